The molecule has 38 heavy (non-hydrogen) atoms. The quantitative estimate of drug-likeness (QED) is 0.225. The summed E-state index contributed by atoms with van der Waals surface area (Å²) in [6.07, 6.45) is 0. The van der Waals surface area contributed by atoms with Crippen molar-refractivity contribution >= 4 is 23.0 Å². The van der Waals surface area contributed by atoms with Gasteiger partial charge in [0.15, 0.2) is 0 Å². The van der Waals surface area contributed by atoms with Gasteiger partial charge in [0.05, 0.1) is 35.8 Å². The number of ether oxygens (including phenoxy) is 2. The van der Waals surface area contributed by atoms with Crippen LogP contribution in [0.25, 0.3) is 16.9 Å². The summed E-state index contributed by atoms with van der Waals surface area (Å²) in [7, 11) is 0. The van der Waals surface area contributed by atoms with Crippen LogP contribution in [0.1, 0.15) is 17.0 Å². The molecule has 7 rings (SSSR count). The highest BCUT2D eigenvalue weighted by Crippen LogP contribution is 2.51. The van der Waals surface area contributed by atoms with E-state index in [0.717, 1.165) is 51.1 Å². The number of azo groups is 1. The lowest BCUT2D eigenvalue weighted by Crippen LogP contribution is -2.35. The molecule has 0 radical (unpaired) electrons. The maximum absolute atomic E-state index is 6.41. The molecule has 2 aliphatic rings. The fourth-order valence-corrected chi connectivity index (χ4v) is 5.38. The highest BCUT2D eigenvalue weighted by atomic mass is 35.5. The lowest BCUT2D eigenvalue weighted by atomic mass is 9.77. The topological polar surface area (TPSA) is 61.0 Å². The Morgan fingerprint density at radius 2 is 1.45 bits per heavy atom. The third kappa shape index (κ3) is 4.03. The molecule has 2 aliphatic heterocycles. The van der Waals surface area contributed by atoms with E-state index in [-0.39, 0.29) is 11.8 Å². The van der Waals surface area contributed by atoms with Gasteiger partial charge >= 0.3 is 0 Å². The molecule has 4 aromatic carbocycles. The Balaban J connectivity index is 1.37. The Hall–Kier alpha value is -4.42. The van der Waals surface area contributed by atoms with Gasteiger partial charge in [-0.05, 0) is 54.6 Å². The zero-order valence-corrected chi connectivity index (χ0v) is 21.1. The van der Waals surface area contributed by atoms with Crippen LogP contribution in [0, 0.1) is 5.92 Å². The lowest BCUT2D eigenvalue weighted by Gasteiger charge is -2.37. The van der Waals surface area contributed by atoms with E-state index in [4.69, 9.17) is 26.2 Å². The highest BCUT2D eigenvalue weighted by molar-refractivity contribution is 6.30. The fourth-order valence-electron chi connectivity index (χ4n) is 5.25. The van der Waals surface area contributed by atoms with Crippen molar-refractivity contribution in [3.63, 3.8) is 0 Å². The van der Waals surface area contributed by atoms with Crippen LogP contribution in [0.5, 0.6) is 11.6 Å². The molecule has 1 aromatic heterocycles. The number of benzene rings is 4. The molecule has 7 heteroatoms. The number of halogens is 1. The fraction of sp³-hybridized carbons (Fsp3) is 0.129. The van der Waals surface area contributed by atoms with Crippen molar-refractivity contribution < 1.29 is 9.47 Å². The molecule has 2 atom stereocenters. The molecule has 0 N–H and O–H groups in total. The molecule has 0 spiro atoms. The van der Waals surface area contributed by atoms with Gasteiger partial charge in [-0.3, -0.25) is 0 Å². The summed E-state index contributed by atoms with van der Waals surface area (Å²) in [5, 5.41) is 14.7. The number of para-hydroxylation sites is 1. The number of hydrogen-bond acceptors (Lipinski definition) is 5. The van der Waals surface area contributed by atoms with Gasteiger partial charge in [0.2, 0.25) is 5.88 Å². The second kappa shape index (κ2) is 9.47. The van der Waals surface area contributed by atoms with Crippen LogP contribution in [0.4, 0.5) is 11.4 Å². The van der Waals surface area contributed by atoms with Crippen LogP contribution >= 0.6 is 11.6 Å². The number of hydrogen-bond donors (Lipinski definition) is 0. The van der Waals surface area contributed by atoms with Crippen molar-refractivity contribution in [2.24, 2.45) is 16.1 Å². The van der Waals surface area contributed by atoms with Gasteiger partial charge in [-0.15, -0.1) is 0 Å². The van der Waals surface area contributed by atoms with Crippen molar-refractivity contribution in [2.75, 3.05) is 13.2 Å². The summed E-state index contributed by atoms with van der Waals surface area (Å²) in [5.41, 5.74) is 6.57. The molecule has 186 valence electrons. The number of fused-ring (bicyclic) bond motifs is 5. The zero-order valence-electron chi connectivity index (χ0n) is 20.4. The summed E-state index contributed by atoms with van der Waals surface area (Å²) in [6, 6.07) is 33.7. The molecular weight excluding hydrogens is 496 g/mol. The SMILES string of the molecule is Clc1ccc(N=Nc2ccc3c(c2)[C@@H]2c4c(-c5ccccc5)nn(-c5ccccc5)c4OC[C@@H]2CO3)cc1. The minimum absolute atomic E-state index is 0.0425. The lowest BCUT2D eigenvalue weighted by molar-refractivity contribution is 0.121. The van der Waals surface area contributed by atoms with Crippen LogP contribution in [0.15, 0.2) is 113 Å². The van der Waals surface area contributed by atoms with Crippen molar-refractivity contribution in [3.05, 3.63) is 119 Å². The first-order chi connectivity index (χ1) is 18.7. The molecule has 5 aromatic rings. The van der Waals surface area contributed by atoms with Crippen molar-refractivity contribution in [3.8, 4) is 28.6 Å². The molecule has 0 aliphatic carbocycles. The van der Waals surface area contributed by atoms with E-state index in [1.54, 1.807) is 12.1 Å². The second-order valence-electron chi connectivity index (χ2n) is 9.44. The average Bonchev–Trinajstić information content (AvgIpc) is 3.37. The van der Waals surface area contributed by atoms with E-state index >= 15 is 0 Å². The smallest absolute Gasteiger partial charge is 0.221 e. The van der Waals surface area contributed by atoms with Gasteiger partial charge in [0.1, 0.15) is 11.4 Å². The predicted octanol–water partition coefficient (Wildman–Crippen LogP) is 8.14. The Morgan fingerprint density at radius 1 is 0.763 bits per heavy atom. The third-order valence-electron chi connectivity index (χ3n) is 7.03. The molecule has 6 nitrogen and oxygen atoms in total. The predicted molar refractivity (Wildman–Crippen MR) is 147 cm³/mol. The summed E-state index contributed by atoms with van der Waals surface area (Å²) in [4.78, 5) is 0. The molecule has 0 bridgehead atoms. The number of nitrogens with zero attached hydrogens (tertiary/aromatic N) is 4. The monoisotopic (exact) mass is 518 g/mol. The highest BCUT2D eigenvalue weighted by Gasteiger charge is 2.42. The van der Waals surface area contributed by atoms with Crippen LogP contribution in [0.3, 0.4) is 0 Å². The van der Waals surface area contributed by atoms with Gasteiger partial charge in [-0.1, -0.05) is 60.1 Å². The van der Waals surface area contributed by atoms with E-state index < -0.39 is 0 Å². The Labute approximate surface area is 225 Å². The van der Waals surface area contributed by atoms with Gasteiger partial charge in [0, 0.05) is 28.0 Å². The Kier molecular flexibility index (Phi) is 5.67. The van der Waals surface area contributed by atoms with E-state index in [9.17, 15) is 0 Å². The summed E-state index contributed by atoms with van der Waals surface area (Å²) in [5.74, 6) is 1.82. The first-order valence-electron chi connectivity index (χ1n) is 12.6. The van der Waals surface area contributed by atoms with Crippen molar-refractivity contribution in [2.45, 2.75) is 5.92 Å². The molecule has 0 unspecified atom stereocenters. The largest absolute Gasteiger partial charge is 0.493 e. The van der Waals surface area contributed by atoms with E-state index in [1.807, 2.05) is 77.5 Å². The van der Waals surface area contributed by atoms with E-state index in [1.165, 1.54) is 0 Å². The number of aromatic nitrogens is 2. The van der Waals surface area contributed by atoms with Crippen LogP contribution < -0.4 is 9.47 Å². The summed E-state index contributed by atoms with van der Waals surface area (Å²) in [6.45, 7) is 1.12. The summed E-state index contributed by atoms with van der Waals surface area (Å²) >= 11 is 6.01. The van der Waals surface area contributed by atoms with E-state index in [2.05, 4.69) is 28.4 Å². The zero-order chi connectivity index (χ0) is 25.5. The normalized spacial score (nSPS) is 17.7. The minimum atomic E-state index is 0.0425. The van der Waals surface area contributed by atoms with Gasteiger partial charge in [0.25, 0.3) is 0 Å². The number of rotatable bonds is 4. The van der Waals surface area contributed by atoms with Gasteiger partial charge in [-0.25, -0.2) is 4.68 Å². The Morgan fingerprint density at radius 3 is 2.24 bits per heavy atom. The van der Waals surface area contributed by atoms with Crippen LogP contribution in [-0.4, -0.2) is 23.0 Å². The van der Waals surface area contributed by atoms with Crippen molar-refractivity contribution in [1.29, 1.82) is 0 Å². The molecular formula is C31H23ClN4O2. The van der Waals surface area contributed by atoms with E-state index in [0.29, 0.717) is 18.2 Å². The standard InChI is InChI=1S/C31H23ClN4O2/c32-22-11-13-23(14-12-22)33-34-24-15-16-27-26(17-24)28-21(18-37-27)19-38-31-29(28)30(20-7-3-1-4-8-20)35-36(31)25-9-5-2-6-10-25/h1-17,21,28H,18-19H2/t21-,28+/m0/s1. The molecule has 0 saturated heterocycles. The van der Waals surface area contributed by atoms with Gasteiger partial charge < -0.3 is 9.47 Å². The maximum Gasteiger partial charge on any atom is 0.221 e. The average molecular weight is 519 g/mol. The molecule has 0 fully saturated rings. The van der Waals surface area contributed by atoms with Crippen LogP contribution in [0.2, 0.25) is 5.02 Å². The first kappa shape index (κ1) is 22.8. The van der Waals surface area contributed by atoms with Crippen molar-refractivity contribution in [1.82, 2.24) is 9.78 Å². The first-order valence-corrected chi connectivity index (χ1v) is 12.9. The second-order valence-corrected chi connectivity index (χ2v) is 9.88. The summed E-state index contributed by atoms with van der Waals surface area (Å²) < 4.78 is 14.5. The molecule has 0 amide bonds. The minimum Gasteiger partial charge on any atom is -0.493 e. The van der Waals surface area contributed by atoms with Crippen LogP contribution in [-0.2, 0) is 0 Å². The third-order valence-corrected chi connectivity index (χ3v) is 7.28. The molecule has 3 heterocycles. The van der Waals surface area contributed by atoms with Gasteiger partial charge in [-0.2, -0.15) is 15.3 Å². The Bertz CT molecular complexity index is 1630. The molecule has 0 saturated carbocycles. The maximum atomic E-state index is 6.41.